The molecule has 6 nitrogen and oxygen atoms in total. The molecular weight excluding hydrogens is 270 g/mol. The lowest BCUT2D eigenvalue weighted by atomic mass is 9.94. The molecule has 0 spiro atoms. The zero-order valence-corrected chi connectivity index (χ0v) is 12.3. The second kappa shape index (κ2) is 6.56. The summed E-state index contributed by atoms with van der Waals surface area (Å²) in [7, 11) is 0. The van der Waals surface area contributed by atoms with Crippen LogP contribution in [0.15, 0.2) is 18.3 Å². The van der Waals surface area contributed by atoms with Crippen LogP contribution in [0.25, 0.3) is 0 Å². The number of nitrogens with zero attached hydrogens (tertiary/aromatic N) is 1. The summed E-state index contributed by atoms with van der Waals surface area (Å²) >= 11 is 0. The van der Waals surface area contributed by atoms with Crippen LogP contribution in [-0.4, -0.2) is 28.1 Å². The summed E-state index contributed by atoms with van der Waals surface area (Å²) in [4.78, 5) is 26.8. The van der Waals surface area contributed by atoms with Crippen LogP contribution in [-0.2, 0) is 0 Å². The highest BCUT2D eigenvalue weighted by atomic mass is 16.4. The third-order valence-electron chi connectivity index (χ3n) is 4.33. The molecule has 0 saturated heterocycles. The summed E-state index contributed by atoms with van der Waals surface area (Å²) in [5.41, 5.74) is 0.0544. The van der Waals surface area contributed by atoms with Gasteiger partial charge in [-0.05, 0) is 36.8 Å². The molecule has 1 aromatic rings. The number of hydrogen-bond donors (Lipinski definition) is 3. The molecule has 1 heterocycles. The average Bonchev–Trinajstić information content (AvgIpc) is 2.79. The molecule has 0 aromatic carbocycles. The first kappa shape index (κ1) is 15.3. The van der Waals surface area contributed by atoms with E-state index in [4.69, 9.17) is 5.11 Å². The first-order chi connectivity index (χ1) is 10.0. The molecule has 3 N–H and O–H groups in total. The Morgan fingerprint density at radius 1 is 1.43 bits per heavy atom. The van der Waals surface area contributed by atoms with Gasteiger partial charge in [-0.25, -0.2) is 14.6 Å². The van der Waals surface area contributed by atoms with E-state index in [1.165, 1.54) is 12.3 Å². The van der Waals surface area contributed by atoms with Gasteiger partial charge in [0, 0.05) is 12.2 Å². The first-order valence-corrected chi connectivity index (χ1v) is 7.28. The van der Waals surface area contributed by atoms with Crippen LogP contribution in [0.2, 0.25) is 0 Å². The van der Waals surface area contributed by atoms with E-state index >= 15 is 0 Å². The minimum atomic E-state index is -1.16. The molecule has 0 bridgehead atoms. The average molecular weight is 291 g/mol. The van der Waals surface area contributed by atoms with Crippen LogP contribution in [0, 0.1) is 11.8 Å². The number of aromatic nitrogens is 1. The third kappa shape index (κ3) is 3.51. The van der Waals surface area contributed by atoms with Gasteiger partial charge in [-0.15, -0.1) is 0 Å². The summed E-state index contributed by atoms with van der Waals surface area (Å²) in [6.45, 7) is 4.32. The fraction of sp³-hybridized carbons (Fsp3) is 0.533. The van der Waals surface area contributed by atoms with E-state index in [9.17, 15) is 9.59 Å². The summed E-state index contributed by atoms with van der Waals surface area (Å²) < 4.78 is 0. The number of aromatic carboxylic acids is 1. The Labute approximate surface area is 124 Å². The Morgan fingerprint density at radius 2 is 2.19 bits per heavy atom. The molecule has 21 heavy (non-hydrogen) atoms. The lowest BCUT2D eigenvalue weighted by molar-refractivity contribution is 0.0691. The first-order valence-electron chi connectivity index (χ1n) is 7.28. The fourth-order valence-electron chi connectivity index (χ4n) is 3.03. The Bertz CT molecular complexity index is 533. The maximum Gasteiger partial charge on any atom is 0.356 e. The zero-order chi connectivity index (χ0) is 15.4. The maximum absolute atomic E-state index is 12.0. The number of nitrogens with one attached hydrogen (secondary N) is 2. The van der Waals surface area contributed by atoms with Crippen LogP contribution in [0.4, 0.5) is 10.5 Å². The van der Waals surface area contributed by atoms with Gasteiger partial charge < -0.3 is 15.7 Å². The topological polar surface area (TPSA) is 91.3 Å². The third-order valence-corrected chi connectivity index (χ3v) is 4.33. The van der Waals surface area contributed by atoms with Crippen molar-refractivity contribution >= 4 is 17.7 Å². The predicted octanol–water partition coefficient (Wildman–Crippen LogP) is 2.73. The molecule has 1 saturated carbocycles. The number of carboxylic acid groups (broad SMARTS) is 1. The van der Waals surface area contributed by atoms with Crippen LogP contribution in [0.1, 0.15) is 43.6 Å². The van der Waals surface area contributed by atoms with Crippen molar-refractivity contribution in [2.24, 2.45) is 11.8 Å². The Kier molecular flexibility index (Phi) is 4.77. The van der Waals surface area contributed by atoms with E-state index < -0.39 is 5.97 Å². The molecule has 1 aromatic heterocycles. The molecular formula is C15H21N3O3. The number of pyridine rings is 1. The van der Waals surface area contributed by atoms with Crippen molar-refractivity contribution in [3.63, 3.8) is 0 Å². The quantitative estimate of drug-likeness (QED) is 0.795. The van der Waals surface area contributed by atoms with Gasteiger partial charge in [0.05, 0.1) is 5.69 Å². The number of carbonyl (C=O) groups is 2. The second-order valence-electron chi connectivity index (χ2n) is 5.51. The van der Waals surface area contributed by atoms with E-state index in [0.29, 0.717) is 11.8 Å². The van der Waals surface area contributed by atoms with Crippen molar-refractivity contribution in [2.45, 2.75) is 39.2 Å². The van der Waals surface area contributed by atoms with E-state index in [-0.39, 0.29) is 23.5 Å². The van der Waals surface area contributed by atoms with Gasteiger partial charge in [0.2, 0.25) is 0 Å². The molecule has 2 rings (SSSR count). The van der Waals surface area contributed by atoms with Crippen molar-refractivity contribution in [3.05, 3.63) is 24.0 Å². The summed E-state index contributed by atoms with van der Waals surface area (Å²) in [5.74, 6) is -0.0805. The van der Waals surface area contributed by atoms with Crippen LogP contribution in [0.5, 0.6) is 0 Å². The highest BCUT2D eigenvalue weighted by Crippen LogP contribution is 2.33. The van der Waals surface area contributed by atoms with E-state index in [0.717, 1.165) is 19.3 Å². The minimum Gasteiger partial charge on any atom is -0.476 e. The van der Waals surface area contributed by atoms with Crippen molar-refractivity contribution in [3.8, 4) is 0 Å². The number of carboxylic acids is 1. The van der Waals surface area contributed by atoms with Gasteiger partial charge in [-0.3, -0.25) is 0 Å². The normalized spacial score (nSPS) is 24.6. The lowest BCUT2D eigenvalue weighted by Crippen LogP contribution is -2.40. The molecule has 2 amide bonds. The molecule has 6 heteroatoms. The molecule has 1 aliphatic carbocycles. The van der Waals surface area contributed by atoms with Gasteiger partial charge in [0.15, 0.2) is 5.69 Å². The molecule has 0 radical (unpaired) electrons. The van der Waals surface area contributed by atoms with Crippen molar-refractivity contribution < 1.29 is 14.7 Å². The zero-order valence-electron chi connectivity index (χ0n) is 12.3. The van der Waals surface area contributed by atoms with E-state index in [1.54, 1.807) is 6.07 Å². The standard InChI is InChI=1S/C15H21N3O3/c1-3-10-6-7-11(9(10)2)17-15(21)18-12-5-4-8-16-13(12)14(19)20/h4-5,8-11H,3,6-7H2,1-2H3,(H,19,20)(H2,17,18,21). The Morgan fingerprint density at radius 3 is 2.81 bits per heavy atom. The highest BCUT2D eigenvalue weighted by molar-refractivity contribution is 5.98. The van der Waals surface area contributed by atoms with Crippen molar-refractivity contribution in [1.82, 2.24) is 10.3 Å². The van der Waals surface area contributed by atoms with Crippen LogP contribution >= 0.6 is 0 Å². The van der Waals surface area contributed by atoms with Gasteiger partial charge in [0.1, 0.15) is 0 Å². The minimum absolute atomic E-state index is 0.139. The predicted molar refractivity (Wildman–Crippen MR) is 79.3 cm³/mol. The monoisotopic (exact) mass is 291 g/mol. The van der Waals surface area contributed by atoms with Crippen LogP contribution in [0.3, 0.4) is 0 Å². The molecule has 0 aliphatic heterocycles. The molecule has 114 valence electrons. The van der Waals surface area contributed by atoms with E-state index in [2.05, 4.69) is 29.5 Å². The summed E-state index contributed by atoms with van der Waals surface area (Å²) in [5, 5.41) is 14.6. The van der Waals surface area contributed by atoms with Gasteiger partial charge >= 0.3 is 12.0 Å². The smallest absolute Gasteiger partial charge is 0.356 e. The number of hydrogen-bond acceptors (Lipinski definition) is 3. The number of amides is 2. The van der Waals surface area contributed by atoms with Gasteiger partial charge in [-0.2, -0.15) is 0 Å². The number of urea groups is 1. The summed E-state index contributed by atoms with van der Waals surface area (Å²) in [6.07, 6.45) is 4.59. The SMILES string of the molecule is CCC1CCC(NC(=O)Nc2cccnc2C(=O)O)C1C. The fourth-order valence-corrected chi connectivity index (χ4v) is 3.03. The van der Waals surface area contributed by atoms with Crippen molar-refractivity contribution in [1.29, 1.82) is 0 Å². The van der Waals surface area contributed by atoms with Crippen LogP contribution < -0.4 is 10.6 Å². The molecule has 1 aliphatic rings. The number of rotatable bonds is 4. The number of carbonyl (C=O) groups excluding carboxylic acids is 1. The Hall–Kier alpha value is -2.11. The largest absolute Gasteiger partial charge is 0.476 e. The van der Waals surface area contributed by atoms with E-state index in [1.807, 2.05) is 0 Å². The lowest BCUT2D eigenvalue weighted by Gasteiger charge is -2.21. The number of anilines is 1. The highest BCUT2D eigenvalue weighted by Gasteiger charge is 2.32. The van der Waals surface area contributed by atoms with Gasteiger partial charge in [0.25, 0.3) is 0 Å². The summed E-state index contributed by atoms with van der Waals surface area (Å²) in [6, 6.07) is 2.88. The molecule has 1 fully saturated rings. The molecule has 3 atom stereocenters. The molecule has 3 unspecified atom stereocenters. The van der Waals surface area contributed by atoms with Crippen molar-refractivity contribution in [2.75, 3.05) is 5.32 Å². The maximum atomic E-state index is 12.0. The Balaban J connectivity index is 1.98. The van der Waals surface area contributed by atoms with Gasteiger partial charge in [-0.1, -0.05) is 20.3 Å². The second-order valence-corrected chi connectivity index (χ2v) is 5.51.